The van der Waals surface area contributed by atoms with Gasteiger partial charge in [0.05, 0.1) is 0 Å². The van der Waals surface area contributed by atoms with Crippen molar-refractivity contribution in [3.8, 4) is 0 Å². The van der Waals surface area contributed by atoms with Crippen molar-refractivity contribution in [2.75, 3.05) is 7.05 Å². The molecule has 2 N–H and O–H groups in total. The highest BCUT2D eigenvalue weighted by atomic mass is 79.9. The second-order valence-electron chi connectivity index (χ2n) is 5.63. The first-order chi connectivity index (χ1) is 9.40. The van der Waals surface area contributed by atoms with E-state index in [1.807, 2.05) is 45.2 Å². The first-order valence-electron chi connectivity index (χ1n) is 7.15. The van der Waals surface area contributed by atoms with Crippen LogP contribution in [-0.4, -0.2) is 23.9 Å². The molecule has 0 spiro atoms. The van der Waals surface area contributed by atoms with E-state index in [0.717, 1.165) is 29.3 Å². The summed E-state index contributed by atoms with van der Waals surface area (Å²) in [6.07, 6.45) is 2.90. The molecule has 0 saturated carbocycles. The predicted molar refractivity (Wildman–Crippen MR) is 87.3 cm³/mol. The van der Waals surface area contributed by atoms with Crippen LogP contribution in [0.25, 0.3) is 0 Å². The minimum atomic E-state index is 0.0641. The minimum absolute atomic E-state index is 0.0641. The lowest BCUT2D eigenvalue weighted by Gasteiger charge is -2.21. The number of amides is 1. The molecular formula is C16H25BrN2O. The second-order valence-corrected chi connectivity index (χ2v) is 6.55. The Kier molecular flexibility index (Phi) is 7.24. The van der Waals surface area contributed by atoms with Crippen LogP contribution in [0.5, 0.6) is 0 Å². The molecule has 0 heterocycles. The molecular weight excluding hydrogens is 316 g/mol. The lowest BCUT2D eigenvalue weighted by atomic mass is 10.0. The van der Waals surface area contributed by atoms with E-state index in [2.05, 4.69) is 15.9 Å². The Hall–Kier alpha value is -0.870. The minimum Gasteiger partial charge on any atom is -0.341 e. The summed E-state index contributed by atoms with van der Waals surface area (Å²) < 4.78 is 1.06. The molecule has 0 aromatic heterocycles. The van der Waals surface area contributed by atoms with Crippen molar-refractivity contribution in [1.82, 2.24) is 4.90 Å². The van der Waals surface area contributed by atoms with Crippen LogP contribution in [0.3, 0.4) is 0 Å². The maximum Gasteiger partial charge on any atom is 0.225 e. The molecule has 20 heavy (non-hydrogen) atoms. The zero-order valence-corrected chi connectivity index (χ0v) is 14.2. The van der Waals surface area contributed by atoms with E-state index >= 15 is 0 Å². The van der Waals surface area contributed by atoms with Gasteiger partial charge >= 0.3 is 0 Å². The van der Waals surface area contributed by atoms with Gasteiger partial charge in [0.2, 0.25) is 5.91 Å². The molecule has 0 aliphatic heterocycles. The summed E-state index contributed by atoms with van der Waals surface area (Å²) in [5.74, 6) is 0.270. The van der Waals surface area contributed by atoms with Crippen LogP contribution in [0.4, 0.5) is 0 Å². The Labute approximate surface area is 130 Å². The van der Waals surface area contributed by atoms with E-state index in [4.69, 9.17) is 5.73 Å². The Morgan fingerprint density at radius 3 is 2.40 bits per heavy atom. The van der Waals surface area contributed by atoms with Crippen LogP contribution in [0.2, 0.25) is 0 Å². The third-order valence-electron chi connectivity index (χ3n) is 3.43. The Morgan fingerprint density at radius 2 is 1.85 bits per heavy atom. The highest BCUT2D eigenvalue weighted by Gasteiger charge is 2.17. The first-order valence-corrected chi connectivity index (χ1v) is 7.94. The maximum atomic E-state index is 12.3. The largest absolute Gasteiger partial charge is 0.341 e. The molecule has 0 saturated heterocycles. The zero-order chi connectivity index (χ0) is 15.1. The highest BCUT2D eigenvalue weighted by Crippen LogP contribution is 2.15. The third-order valence-corrected chi connectivity index (χ3v) is 3.96. The molecule has 1 aromatic carbocycles. The van der Waals surface area contributed by atoms with E-state index in [9.17, 15) is 4.79 Å². The van der Waals surface area contributed by atoms with Crippen LogP contribution in [0, 0.1) is 5.92 Å². The van der Waals surface area contributed by atoms with E-state index < -0.39 is 0 Å². The van der Waals surface area contributed by atoms with Gasteiger partial charge in [0.15, 0.2) is 0 Å². The fourth-order valence-electron chi connectivity index (χ4n) is 2.19. The monoisotopic (exact) mass is 340 g/mol. The molecule has 0 fully saturated rings. The number of hydrogen-bond acceptors (Lipinski definition) is 2. The summed E-state index contributed by atoms with van der Waals surface area (Å²) in [6, 6.07) is 8.29. The number of carbonyl (C=O) groups excluding carboxylic acids is 1. The number of hydrogen-bond donors (Lipinski definition) is 1. The van der Waals surface area contributed by atoms with Crippen molar-refractivity contribution in [2.24, 2.45) is 11.7 Å². The van der Waals surface area contributed by atoms with Crippen LogP contribution in [0.15, 0.2) is 28.7 Å². The summed E-state index contributed by atoms with van der Waals surface area (Å²) in [5, 5.41) is 0. The maximum absolute atomic E-state index is 12.3. The number of halogens is 1. The zero-order valence-electron chi connectivity index (χ0n) is 12.6. The fourth-order valence-corrected chi connectivity index (χ4v) is 2.45. The SMILES string of the molecule is CC(N)CCCC(C)C(=O)N(C)Cc1ccc(Br)cc1. The fraction of sp³-hybridized carbons (Fsp3) is 0.562. The topological polar surface area (TPSA) is 46.3 Å². The number of benzene rings is 1. The number of rotatable bonds is 7. The average Bonchev–Trinajstić information content (AvgIpc) is 2.39. The second kappa shape index (κ2) is 8.42. The lowest BCUT2D eigenvalue weighted by molar-refractivity contribution is -0.134. The van der Waals surface area contributed by atoms with E-state index in [1.165, 1.54) is 0 Å². The summed E-state index contributed by atoms with van der Waals surface area (Å²) >= 11 is 3.41. The lowest BCUT2D eigenvalue weighted by Crippen LogP contribution is -2.31. The summed E-state index contributed by atoms with van der Waals surface area (Å²) in [7, 11) is 1.87. The Bertz CT molecular complexity index is 417. The van der Waals surface area contributed by atoms with Crippen molar-refractivity contribution in [2.45, 2.75) is 45.7 Å². The van der Waals surface area contributed by atoms with Gasteiger partial charge in [-0.3, -0.25) is 4.79 Å². The van der Waals surface area contributed by atoms with E-state index in [0.29, 0.717) is 6.54 Å². The van der Waals surface area contributed by atoms with Gasteiger partial charge in [0.25, 0.3) is 0 Å². The average molecular weight is 341 g/mol. The standard InChI is InChI=1S/C16H25BrN2O/c1-12(5-4-6-13(2)18)16(20)19(3)11-14-7-9-15(17)10-8-14/h7-10,12-13H,4-6,11,18H2,1-3H3. The summed E-state index contributed by atoms with van der Waals surface area (Å²) in [5.41, 5.74) is 6.87. The Morgan fingerprint density at radius 1 is 1.25 bits per heavy atom. The Balaban J connectivity index is 2.43. The van der Waals surface area contributed by atoms with Gasteiger partial charge < -0.3 is 10.6 Å². The van der Waals surface area contributed by atoms with E-state index in [1.54, 1.807) is 4.90 Å². The van der Waals surface area contributed by atoms with Crippen molar-refractivity contribution < 1.29 is 4.79 Å². The first kappa shape index (κ1) is 17.2. The van der Waals surface area contributed by atoms with Crippen LogP contribution >= 0.6 is 15.9 Å². The van der Waals surface area contributed by atoms with Crippen molar-refractivity contribution >= 4 is 21.8 Å². The number of carbonyl (C=O) groups is 1. The molecule has 1 aromatic rings. The van der Waals surface area contributed by atoms with Crippen molar-refractivity contribution in [3.05, 3.63) is 34.3 Å². The van der Waals surface area contributed by atoms with Crippen molar-refractivity contribution in [1.29, 1.82) is 0 Å². The third kappa shape index (κ3) is 6.06. The molecule has 1 amide bonds. The van der Waals surface area contributed by atoms with Gasteiger partial charge in [-0.25, -0.2) is 0 Å². The summed E-state index contributed by atoms with van der Waals surface area (Å²) in [6.45, 7) is 4.66. The van der Waals surface area contributed by atoms with Crippen molar-refractivity contribution in [3.63, 3.8) is 0 Å². The predicted octanol–water partition coefficient (Wildman–Crippen LogP) is 3.56. The smallest absolute Gasteiger partial charge is 0.225 e. The molecule has 1 rings (SSSR count). The number of nitrogens with two attached hydrogens (primary N) is 1. The molecule has 0 bridgehead atoms. The molecule has 2 atom stereocenters. The van der Waals surface area contributed by atoms with Gasteiger partial charge in [-0.2, -0.15) is 0 Å². The molecule has 3 nitrogen and oxygen atoms in total. The molecule has 2 unspecified atom stereocenters. The highest BCUT2D eigenvalue weighted by molar-refractivity contribution is 9.10. The van der Waals surface area contributed by atoms with Gasteiger partial charge in [-0.1, -0.05) is 41.4 Å². The molecule has 0 radical (unpaired) electrons. The molecule has 0 aliphatic carbocycles. The van der Waals surface area contributed by atoms with Gasteiger partial charge in [-0.15, -0.1) is 0 Å². The van der Waals surface area contributed by atoms with Crippen LogP contribution < -0.4 is 5.73 Å². The molecule has 4 heteroatoms. The molecule has 112 valence electrons. The quantitative estimate of drug-likeness (QED) is 0.824. The normalized spacial score (nSPS) is 13.8. The van der Waals surface area contributed by atoms with Gasteiger partial charge in [-0.05, 0) is 37.5 Å². The van der Waals surface area contributed by atoms with Gasteiger partial charge in [0.1, 0.15) is 0 Å². The molecule has 0 aliphatic rings. The van der Waals surface area contributed by atoms with Gasteiger partial charge in [0, 0.05) is 30.0 Å². The summed E-state index contributed by atoms with van der Waals surface area (Å²) in [4.78, 5) is 14.1. The van der Waals surface area contributed by atoms with E-state index in [-0.39, 0.29) is 17.9 Å². The van der Waals surface area contributed by atoms with Crippen LogP contribution in [0.1, 0.15) is 38.7 Å². The number of nitrogens with zero attached hydrogens (tertiary/aromatic N) is 1. The van der Waals surface area contributed by atoms with Crippen LogP contribution in [-0.2, 0) is 11.3 Å².